The van der Waals surface area contributed by atoms with Gasteiger partial charge in [-0.25, -0.2) is 4.79 Å². The number of carbonyl (C=O) groups excluding carboxylic acids is 1. The van der Waals surface area contributed by atoms with Gasteiger partial charge in [-0.2, -0.15) is 0 Å². The van der Waals surface area contributed by atoms with Crippen molar-refractivity contribution in [3.8, 4) is 0 Å². The fourth-order valence-corrected chi connectivity index (χ4v) is 1.17. The molecule has 1 heterocycles. The van der Waals surface area contributed by atoms with Crippen LogP contribution < -0.4 is 5.43 Å². The summed E-state index contributed by atoms with van der Waals surface area (Å²) in [5, 5.41) is 18.5. The topological polar surface area (TPSA) is 82.0 Å². The van der Waals surface area contributed by atoms with Crippen LogP contribution in [0.1, 0.15) is 5.56 Å². The lowest BCUT2D eigenvalue weighted by atomic mass is 10.2. The van der Waals surface area contributed by atoms with Gasteiger partial charge in [-0.1, -0.05) is 35.5 Å². The van der Waals surface area contributed by atoms with E-state index in [-0.39, 0.29) is 10.9 Å². The molecule has 15 heavy (non-hydrogen) atoms. The Kier molecular flexibility index (Phi) is 2.18. The fraction of sp³-hybridized carbons (Fsp3) is 0. The first-order valence-corrected chi connectivity index (χ1v) is 4.14. The molecule has 6 nitrogen and oxygen atoms in total. The largest absolute Gasteiger partial charge is 0.479 e. The first kappa shape index (κ1) is 9.35. The van der Waals surface area contributed by atoms with Gasteiger partial charge in [0.15, 0.2) is 0 Å². The van der Waals surface area contributed by atoms with Crippen molar-refractivity contribution >= 4 is 11.8 Å². The summed E-state index contributed by atoms with van der Waals surface area (Å²) >= 11 is 0. The molecule has 0 spiro atoms. The molecule has 1 aliphatic rings. The second kappa shape index (κ2) is 3.50. The van der Waals surface area contributed by atoms with E-state index in [2.05, 4.69) is 10.2 Å². The van der Waals surface area contributed by atoms with E-state index >= 15 is 0 Å². The molecule has 6 heteroatoms. The molecule has 2 rings (SSSR count). The predicted molar refractivity (Wildman–Crippen MR) is 49.2 cm³/mol. The van der Waals surface area contributed by atoms with Crippen molar-refractivity contribution in [2.75, 3.05) is 0 Å². The van der Waals surface area contributed by atoms with Gasteiger partial charge in [0, 0.05) is 5.56 Å². The molecule has 3 N–H and O–H groups in total. The average molecular weight is 208 g/mol. The minimum Gasteiger partial charge on any atom is -0.479 e. The molecule has 1 aromatic rings. The smallest absolute Gasteiger partial charge is 0.461 e. The second-order valence-electron chi connectivity index (χ2n) is 2.84. The highest BCUT2D eigenvalue weighted by Crippen LogP contribution is 2.19. The summed E-state index contributed by atoms with van der Waals surface area (Å²) in [6.45, 7) is 0. The molecule has 0 saturated carbocycles. The van der Waals surface area contributed by atoms with Crippen molar-refractivity contribution in [1.29, 1.82) is 0 Å². The van der Waals surface area contributed by atoms with E-state index in [9.17, 15) is 9.90 Å². The van der Waals surface area contributed by atoms with Crippen LogP contribution in [0.4, 0.5) is 4.79 Å². The summed E-state index contributed by atoms with van der Waals surface area (Å²) in [6, 6.07) is 8.66. The number of hydrazine groups is 1. The number of nitrogens with zero attached hydrogens (tertiary/aromatic N) is 1. The van der Waals surface area contributed by atoms with Crippen LogP contribution in [-0.2, 0) is 4.74 Å². The number of aliphatic hydroxyl groups is 1. The number of amides is 1. The molecule has 0 unspecified atom stereocenters. The molecule has 0 radical (unpaired) electrons. The maximum Gasteiger partial charge on any atom is 0.461 e. The number of rotatable bonds is 1. The number of hydrogen-bond donors (Lipinski definition) is 3. The Morgan fingerprint density at radius 1 is 1.27 bits per heavy atom. The van der Waals surface area contributed by atoms with Crippen molar-refractivity contribution in [2.45, 2.75) is 0 Å². The van der Waals surface area contributed by atoms with Crippen molar-refractivity contribution in [1.82, 2.24) is 10.6 Å². The Bertz CT molecular complexity index is 415. The molecule has 1 aliphatic heterocycles. The molecular formula is C9H8N2O4. The average Bonchev–Trinajstić information content (AvgIpc) is 2.25. The SMILES string of the molecule is O=C1OC(O)=C(c2ccccc2)NN1O. The third kappa shape index (κ3) is 1.70. The molecule has 0 aromatic heterocycles. The van der Waals surface area contributed by atoms with E-state index in [1.807, 2.05) is 0 Å². The van der Waals surface area contributed by atoms with E-state index in [0.717, 1.165) is 0 Å². The van der Waals surface area contributed by atoms with Crippen molar-refractivity contribution in [3.63, 3.8) is 0 Å². The van der Waals surface area contributed by atoms with E-state index in [1.54, 1.807) is 30.3 Å². The van der Waals surface area contributed by atoms with Gasteiger partial charge in [-0.05, 0) is 0 Å². The lowest BCUT2D eigenvalue weighted by molar-refractivity contribution is -0.110. The highest BCUT2D eigenvalue weighted by atomic mass is 16.7. The van der Waals surface area contributed by atoms with Gasteiger partial charge in [0.2, 0.25) is 0 Å². The van der Waals surface area contributed by atoms with Gasteiger partial charge >= 0.3 is 12.0 Å². The second-order valence-corrected chi connectivity index (χ2v) is 2.84. The quantitative estimate of drug-likeness (QED) is 0.604. The van der Waals surface area contributed by atoms with Crippen LogP contribution in [0.3, 0.4) is 0 Å². The Morgan fingerprint density at radius 2 is 1.93 bits per heavy atom. The number of cyclic esters (lactones) is 1. The third-order valence-corrected chi connectivity index (χ3v) is 1.85. The summed E-state index contributed by atoms with van der Waals surface area (Å²) in [6.07, 6.45) is -1.09. The predicted octanol–water partition coefficient (Wildman–Crippen LogP) is 1.22. The van der Waals surface area contributed by atoms with Crippen LogP contribution in [0.25, 0.3) is 5.70 Å². The summed E-state index contributed by atoms with van der Waals surface area (Å²) in [7, 11) is 0. The van der Waals surface area contributed by atoms with Crippen LogP contribution in [0.5, 0.6) is 0 Å². The Labute approximate surface area is 84.9 Å². The molecule has 0 atom stereocenters. The van der Waals surface area contributed by atoms with Crippen LogP contribution in [0.15, 0.2) is 36.3 Å². The Hall–Kier alpha value is -2.21. The standard InChI is InChI=1S/C9H8N2O4/c12-8-7(6-4-2-1-3-5-6)10-11(14)9(13)15-8/h1-5,10,12,14H. The molecule has 1 amide bonds. The number of carbonyl (C=O) groups is 1. The van der Waals surface area contributed by atoms with E-state index in [4.69, 9.17) is 5.21 Å². The van der Waals surface area contributed by atoms with Crippen molar-refractivity contribution in [3.05, 3.63) is 41.8 Å². The maximum atomic E-state index is 10.8. The summed E-state index contributed by atoms with van der Waals surface area (Å²) < 4.78 is 4.38. The summed E-state index contributed by atoms with van der Waals surface area (Å²) in [5.41, 5.74) is 2.98. The maximum absolute atomic E-state index is 10.8. The van der Waals surface area contributed by atoms with Crippen LogP contribution in [-0.4, -0.2) is 21.6 Å². The monoisotopic (exact) mass is 208 g/mol. The molecule has 78 valence electrons. The molecule has 0 aliphatic carbocycles. The van der Waals surface area contributed by atoms with Crippen LogP contribution in [0, 0.1) is 0 Å². The number of ether oxygens (including phenoxy) is 1. The zero-order chi connectivity index (χ0) is 10.8. The first-order chi connectivity index (χ1) is 7.18. The van der Waals surface area contributed by atoms with E-state index in [0.29, 0.717) is 5.56 Å². The normalized spacial score (nSPS) is 16.1. The molecule has 0 fully saturated rings. The lowest BCUT2D eigenvalue weighted by Gasteiger charge is -2.23. The molecule has 0 saturated heterocycles. The Balaban J connectivity index is 2.37. The van der Waals surface area contributed by atoms with Gasteiger partial charge in [-0.15, -0.1) is 0 Å². The van der Waals surface area contributed by atoms with E-state index < -0.39 is 12.0 Å². The highest BCUT2D eigenvalue weighted by Gasteiger charge is 2.26. The van der Waals surface area contributed by atoms with Crippen LogP contribution in [0.2, 0.25) is 0 Å². The number of hydrogen-bond acceptors (Lipinski definition) is 5. The van der Waals surface area contributed by atoms with Gasteiger partial charge in [0.1, 0.15) is 5.70 Å². The summed E-state index contributed by atoms with van der Waals surface area (Å²) in [5.74, 6) is -0.573. The number of benzene rings is 1. The molecule has 0 bridgehead atoms. The van der Waals surface area contributed by atoms with Gasteiger partial charge < -0.3 is 9.84 Å². The minimum atomic E-state index is -1.09. The third-order valence-electron chi connectivity index (χ3n) is 1.85. The summed E-state index contributed by atoms with van der Waals surface area (Å²) in [4.78, 5) is 10.8. The molecule has 1 aromatic carbocycles. The number of aliphatic hydroxyl groups excluding tert-OH is 1. The first-order valence-electron chi connectivity index (χ1n) is 4.14. The zero-order valence-electron chi connectivity index (χ0n) is 7.54. The molecular weight excluding hydrogens is 200 g/mol. The lowest BCUT2D eigenvalue weighted by Crippen LogP contribution is -2.43. The number of nitrogens with one attached hydrogen (secondary N) is 1. The van der Waals surface area contributed by atoms with Crippen LogP contribution >= 0.6 is 0 Å². The minimum absolute atomic E-state index is 0.123. The van der Waals surface area contributed by atoms with Gasteiger partial charge in [0.25, 0.3) is 0 Å². The van der Waals surface area contributed by atoms with Crippen molar-refractivity contribution in [2.24, 2.45) is 0 Å². The van der Waals surface area contributed by atoms with Gasteiger partial charge in [-0.3, -0.25) is 10.6 Å². The zero-order valence-corrected chi connectivity index (χ0v) is 7.54. The van der Waals surface area contributed by atoms with E-state index in [1.165, 1.54) is 0 Å². The number of hydroxylamine groups is 1. The Morgan fingerprint density at radius 3 is 2.60 bits per heavy atom. The fourth-order valence-electron chi connectivity index (χ4n) is 1.17. The van der Waals surface area contributed by atoms with Crippen molar-refractivity contribution < 1.29 is 19.8 Å². The highest BCUT2D eigenvalue weighted by molar-refractivity contribution is 5.75. The van der Waals surface area contributed by atoms with Gasteiger partial charge in [0.05, 0.1) is 0 Å².